The van der Waals surface area contributed by atoms with E-state index >= 15 is 0 Å². The molecule has 29 heavy (non-hydrogen) atoms. The topological polar surface area (TPSA) is 98.5 Å². The first-order valence-corrected chi connectivity index (χ1v) is 10.1. The Morgan fingerprint density at radius 1 is 1.28 bits per heavy atom. The number of amides is 1. The molecule has 3 aromatic rings. The van der Waals surface area contributed by atoms with Crippen LogP contribution in [0.3, 0.4) is 0 Å². The third-order valence-electron chi connectivity index (χ3n) is 4.17. The predicted molar refractivity (Wildman–Crippen MR) is 112 cm³/mol. The van der Waals surface area contributed by atoms with Gasteiger partial charge in [0.15, 0.2) is 16.3 Å². The van der Waals surface area contributed by atoms with Gasteiger partial charge in [-0.3, -0.25) is 14.9 Å². The zero-order chi connectivity index (χ0) is 21.1. The lowest BCUT2D eigenvalue weighted by Crippen LogP contribution is -2.15. The quantitative estimate of drug-likeness (QED) is 0.608. The Labute approximate surface area is 171 Å². The van der Waals surface area contributed by atoms with Crippen molar-refractivity contribution >= 4 is 39.3 Å². The Balaban J connectivity index is 1.81. The molecule has 8 heteroatoms. The summed E-state index contributed by atoms with van der Waals surface area (Å²) in [5.41, 5.74) is 1.52. The Bertz CT molecular complexity index is 1130. The summed E-state index contributed by atoms with van der Waals surface area (Å²) in [6.07, 6.45) is 0.795. The summed E-state index contributed by atoms with van der Waals surface area (Å²) in [5.74, 6) is -0.989. The van der Waals surface area contributed by atoms with Gasteiger partial charge in [-0.25, -0.2) is 9.78 Å². The van der Waals surface area contributed by atoms with Crippen molar-refractivity contribution in [3.05, 3.63) is 56.4 Å². The van der Waals surface area contributed by atoms with Crippen LogP contribution in [0.4, 0.5) is 5.13 Å². The minimum absolute atomic E-state index is 0.122. The van der Waals surface area contributed by atoms with Gasteiger partial charge in [0.05, 0.1) is 17.7 Å². The summed E-state index contributed by atoms with van der Waals surface area (Å²) >= 11 is 1.02. The molecule has 1 amide bonds. The molecule has 0 aliphatic carbocycles. The fourth-order valence-corrected chi connectivity index (χ4v) is 3.50. The largest absolute Gasteiger partial charge is 0.461 e. The first kappa shape index (κ1) is 20.7. The number of nitrogens with zero attached hydrogens (tertiary/aromatic N) is 1. The number of hydrogen-bond donors (Lipinski definition) is 1. The molecular weight excluding hydrogens is 392 g/mol. The number of esters is 1. The highest BCUT2D eigenvalue weighted by Gasteiger charge is 2.20. The monoisotopic (exact) mass is 414 g/mol. The van der Waals surface area contributed by atoms with Crippen LogP contribution in [0.15, 0.2) is 33.5 Å². The van der Waals surface area contributed by atoms with Crippen molar-refractivity contribution < 1.29 is 18.7 Å². The molecule has 152 valence electrons. The van der Waals surface area contributed by atoms with Crippen molar-refractivity contribution in [2.45, 2.75) is 34.1 Å². The summed E-state index contributed by atoms with van der Waals surface area (Å²) in [5, 5.41) is 3.24. The number of aryl methyl sites for hydroxylation is 2. The van der Waals surface area contributed by atoms with Gasteiger partial charge in [-0.05, 0) is 37.0 Å². The van der Waals surface area contributed by atoms with Crippen LogP contribution in [-0.2, 0) is 11.2 Å². The molecule has 0 fully saturated rings. The summed E-state index contributed by atoms with van der Waals surface area (Å²) in [4.78, 5) is 41.6. The van der Waals surface area contributed by atoms with Gasteiger partial charge < -0.3 is 9.15 Å². The van der Waals surface area contributed by atoms with E-state index < -0.39 is 11.9 Å². The van der Waals surface area contributed by atoms with E-state index in [0.717, 1.165) is 29.4 Å². The fraction of sp³-hybridized carbons (Fsp3) is 0.333. The molecule has 7 nitrogen and oxygen atoms in total. The summed E-state index contributed by atoms with van der Waals surface area (Å²) in [6.45, 7) is 7.85. The average Bonchev–Trinajstić information content (AvgIpc) is 3.05. The number of carbonyl (C=O) groups excluding carboxylic acids is 2. The van der Waals surface area contributed by atoms with Crippen LogP contribution in [0.1, 0.15) is 52.3 Å². The van der Waals surface area contributed by atoms with Gasteiger partial charge in [0.2, 0.25) is 0 Å². The number of thiazole rings is 1. The molecule has 0 unspecified atom stereocenters. The minimum atomic E-state index is -0.612. The Hall–Kier alpha value is -3.00. The van der Waals surface area contributed by atoms with Crippen LogP contribution < -0.4 is 10.7 Å². The van der Waals surface area contributed by atoms with Crippen molar-refractivity contribution in [3.8, 4) is 0 Å². The standard InChI is InChI=1S/C21H22N2O5S/c1-5-13-6-7-16-14(8-13)15(24)9-17(28-16)19(25)23-21-22-12(4)18(29-21)20(26)27-10-11(2)3/h6-9,11H,5,10H2,1-4H3,(H,22,23,25). The molecule has 0 bridgehead atoms. The van der Waals surface area contributed by atoms with Crippen LogP contribution in [-0.4, -0.2) is 23.5 Å². The zero-order valence-electron chi connectivity index (χ0n) is 16.7. The highest BCUT2D eigenvalue weighted by Crippen LogP contribution is 2.24. The van der Waals surface area contributed by atoms with E-state index in [2.05, 4.69) is 10.3 Å². The van der Waals surface area contributed by atoms with Gasteiger partial charge in [-0.15, -0.1) is 0 Å². The third-order valence-corrected chi connectivity index (χ3v) is 5.23. The lowest BCUT2D eigenvalue weighted by Gasteiger charge is -2.05. The molecule has 2 aromatic heterocycles. The number of hydrogen-bond acceptors (Lipinski definition) is 7. The lowest BCUT2D eigenvalue weighted by atomic mass is 10.1. The van der Waals surface area contributed by atoms with Crippen LogP contribution in [0, 0.1) is 12.8 Å². The van der Waals surface area contributed by atoms with E-state index in [0.29, 0.717) is 28.1 Å². The molecule has 0 aliphatic rings. The number of aromatic nitrogens is 1. The van der Waals surface area contributed by atoms with E-state index in [9.17, 15) is 14.4 Å². The highest BCUT2D eigenvalue weighted by molar-refractivity contribution is 7.17. The molecule has 0 spiro atoms. The first-order valence-electron chi connectivity index (χ1n) is 9.31. The van der Waals surface area contributed by atoms with Crippen molar-refractivity contribution in [1.29, 1.82) is 0 Å². The molecule has 0 aliphatic heterocycles. The Kier molecular flexibility index (Phi) is 6.12. The number of ether oxygens (including phenoxy) is 1. The first-order chi connectivity index (χ1) is 13.8. The fourth-order valence-electron chi connectivity index (χ4n) is 2.64. The van der Waals surface area contributed by atoms with E-state index in [-0.39, 0.29) is 22.2 Å². The number of fused-ring (bicyclic) bond motifs is 1. The number of carbonyl (C=O) groups is 2. The summed E-state index contributed by atoms with van der Waals surface area (Å²) in [6, 6.07) is 6.46. The van der Waals surface area contributed by atoms with Crippen molar-refractivity contribution in [2.24, 2.45) is 5.92 Å². The second-order valence-electron chi connectivity index (χ2n) is 7.04. The minimum Gasteiger partial charge on any atom is -0.461 e. The van der Waals surface area contributed by atoms with Crippen molar-refractivity contribution in [2.75, 3.05) is 11.9 Å². The predicted octanol–water partition coefficient (Wildman–Crippen LogP) is 4.19. The van der Waals surface area contributed by atoms with E-state index in [1.165, 1.54) is 0 Å². The lowest BCUT2D eigenvalue weighted by molar-refractivity contribution is 0.0463. The molecule has 2 heterocycles. The molecular formula is C21H22N2O5S. The molecule has 0 saturated carbocycles. The SMILES string of the molecule is CCc1ccc2oc(C(=O)Nc3nc(C)c(C(=O)OCC(C)C)s3)cc(=O)c2c1. The maximum Gasteiger partial charge on any atom is 0.350 e. The summed E-state index contributed by atoms with van der Waals surface area (Å²) < 4.78 is 10.8. The van der Waals surface area contributed by atoms with Gasteiger partial charge in [0.25, 0.3) is 5.91 Å². The van der Waals surface area contributed by atoms with Gasteiger partial charge in [0.1, 0.15) is 10.5 Å². The van der Waals surface area contributed by atoms with Gasteiger partial charge in [0, 0.05) is 6.07 Å². The van der Waals surface area contributed by atoms with Crippen LogP contribution >= 0.6 is 11.3 Å². The molecule has 3 rings (SSSR count). The molecule has 1 N–H and O–H groups in total. The van der Waals surface area contributed by atoms with Crippen LogP contribution in [0.5, 0.6) is 0 Å². The van der Waals surface area contributed by atoms with Gasteiger partial charge >= 0.3 is 5.97 Å². The van der Waals surface area contributed by atoms with E-state index in [1.54, 1.807) is 19.1 Å². The van der Waals surface area contributed by atoms with Crippen molar-refractivity contribution in [3.63, 3.8) is 0 Å². The van der Waals surface area contributed by atoms with Gasteiger partial charge in [-0.1, -0.05) is 38.2 Å². The van der Waals surface area contributed by atoms with E-state index in [4.69, 9.17) is 9.15 Å². The molecule has 0 atom stereocenters. The van der Waals surface area contributed by atoms with Gasteiger partial charge in [-0.2, -0.15) is 0 Å². The van der Waals surface area contributed by atoms with Crippen molar-refractivity contribution in [1.82, 2.24) is 4.98 Å². The third kappa shape index (κ3) is 4.71. The molecule has 0 saturated heterocycles. The average molecular weight is 414 g/mol. The summed E-state index contributed by atoms with van der Waals surface area (Å²) in [7, 11) is 0. The number of benzene rings is 1. The zero-order valence-corrected chi connectivity index (χ0v) is 17.5. The Morgan fingerprint density at radius 2 is 2.03 bits per heavy atom. The Morgan fingerprint density at radius 3 is 2.72 bits per heavy atom. The normalized spacial score (nSPS) is 11.1. The van der Waals surface area contributed by atoms with Crippen LogP contribution in [0.2, 0.25) is 0 Å². The maximum atomic E-state index is 12.5. The van der Waals surface area contributed by atoms with Crippen LogP contribution in [0.25, 0.3) is 11.0 Å². The number of rotatable bonds is 6. The maximum absolute atomic E-state index is 12.5. The highest BCUT2D eigenvalue weighted by atomic mass is 32.1. The van der Waals surface area contributed by atoms with E-state index in [1.807, 2.05) is 26.8 Å². The molecule has 1 aromatic carbocycles. The number of nitrogens with one attached hydrogen (secondary N) is 1. The second-order valence-corrected chi connectivity index (χ2v) is 8.04. The smallest absolute Gasteiger partial charge is 0.350 e. The molecule has 0 radical (unpaired) electrons. The second kappa shape index (κ2) is 8.57. The number of anilines is 1.